The van der Waals surface area contributed by atoms with Gasteiger partial charge in [0.15, 0.2) is 0 Å². The lowest BCUT2D eigenvalue weighted by molar-refractivity contribution is -0.888. The molecule has 0 saturated carbocycles. The van der Waals surface area contributed by atoms with Gasteiger partial charge in [0.1, 0.15) is 0 Å². The van der Waals surface area contributed by atoms with Gasteiger partial charge in [-0.25, -0.2) is 0 Å². The van der Waals surface area contributed by atoms with Crippen molar-refractivity contribution in [2.45, 2.75) is 51.4 Å². The van der Waals surface area contributed by atoms with Gasteiger partial charge in [-0.3, -0.25) is 0 Å². The van der Waals surface area contributed by atoms with Gasteiger partial charge in [-0.05, 0) is 25.7 Å². The SMILES string of the molecule is C(CCC[NH+]1CCCC1)CC[NH+]1CCCC1. The number of unbranched alkanes of at least 4 members (excludes halogenated alkanes) is 3. The van der Waals surface area contributed by atoms with Crippen LogP contribution in [-0.4, -0.2) is 39.3 Å². The molecular weight excluding hydrogens is 196 g/mol. The average molecular weight is 226 g/mol. The van der Waals surface area contributed by atoms with Crippen LogP contribution in [0.2, 0.25) is 0 Å². The lowest BCUT2D eigenvalue weighted by Gasteiger charge is -2.13. The van der Waals surface area contributed by atoms with Crippen LogP contribution < -0.4 is 9.80 Å². The van der Waals surface area contributed by atoms with Crippen molar-refractivity contribution in [1.29, 1.82) is 0 Å². The number of hydrogen-bond donors (Lipinski definition) is 2. The first-order valence-electron chi connectivity index (χ1n) is 7.62. The monoisotopic (exact) mass is 226 g/mol. The number of hydrogen-bond acceptors (Lipinski definition) is 0. The summed E-state index contributed by atoms with van der Waals surface area (Å²) >= 11 is 0. The Balaban J connectivity index is 1.37. The molecule has 2 heteroatoms. The van der Waals surface area contributed by atoms with Gasteiger partial charge < -0.3 is 9.80 Å². The van der Waals surface area contributed by atoms with E-state index in [0.29, 0.717) is 0 Å². The second kappa shape index (κ2) is 7.29. The van der Waals surface area contributed by atoms with Crippen LogP contribution in [-0.2, 0) is 0 Å². The van der Waals surface area contributed by atoms with Gasteiger partial charge in [0, 0.05) is 25.7 Å². The Morgan fingerprint density at radius 1 is 0.500 bits per heavy atom. The molecule has 16 heavy (non-hydrogen) atoms. The molecule has 0 unspecified atom stereocenters. The van der Waals surface area contributed by atoms with Gasteiger partial charge in [-0.15, -0.1) is 0 Å². The molecule has 0 aromatic carbocycles. The van der Waals surface area contributed by atoms with Gasteiger partial charge in [-0.1, -0.05) is 0 Å². The van der Waals surface area contributed by atoms with Crippen LogP contribution in [0.3, 0.4) is 0 Å². The van der Waals surface area contributed by atoms with E-state index in [4.69, 9.17) is 0 Å². The van der Waals surface area contributed by atoms with Gasteiger partial charge in [0.2, 0.25) is 0 Å². The number of quaternary nitrogens is 2. The van der Waals surface area contributed by atoms with E-state index >= 15 is 0 Å². The first kappa shape index (κ1) is 12.4. The minimum absolute atomic E-state index is 1.45. The smallest absolute Gasteiger partial charge is 0.0773 e. The molecule has 0 bridgehead atoms. The maximum Gasteiger partial charge on any atom is 0.0773 e. The number of likely N-dealkylation sites (tertiary alicyclic amines) is 2. The molecule has 2 fully saturated rings. The Bertz CT molecular complexity index is 150. The summed E-state index contributed by atoms with van der Waals surface area (Å²) in [6.07, 6.45) is 11.8. The Morgan fingerprint density at radius 2 is 0.875 bits per heavy atom. The molecule has 2 nitrogen and oxygen atoms in total. The Morgan fingerprint density at radius 3 is 1.25 bits per heavy atom. The number of rotatable bonds is 7. The molecule has 2 rings (SSSR count). The maximum absolute atomic E-state index is 1.88. The molecule has 2 aliphatic heterocycles. The molecule has 2 saturated heterocycles. The van der Waals surface area contributed by atoms with E-state index < -0.39 is 0 Å². The fourth-order valence-electron chi connectivity index (χ4n) is 3.35. The van der Waals surface area contributed by atoms with Crippen molar-refractivity contribution in [3.8, 4) is 0 Å². The fraction of sp³-hybridized carbons (Fsp3) is 1.00. The maximum atomic E-state index is 1.88. The highest BCUT2D eigenvalue weighted by atomic mass is 15.1. The molecular formula is C14H30N2+2. The van der Waals surface area contributed by atoms with Crippen LogP contribution >= 0.6 is 0 Å². The Labute approximate surface area is 101 Å². The summed E-state index contributed by atoms with van der Waals surface area (Å²) in [6.45, 7) is 8.73. The molecule has 2 N–H and O–H groups in total. The summed E-state index contributed by atoms with van der Waals surface area (Å²) in [5.41, 5.74) is 0. The predicted molar refractivity (Wildman–Crippen MR) is 68.1 cm³/mol. The molecule has 0 aromatic heterocycles. The second-order valence-corrected chi connectivity index (χ2v) is 5.83. The van der Waals surface area contributed by atoms with Crippen LogP contribution in [0.5, 0.6) is 0 Å². The van der Waals surface area contributed by atoms with Crippen molar-refractivity contribution in [1.82, 2.24) is 0 Å². The molecule has 0 aliphatic carbocycles. The standard InChI is InChI=1S/C14H28N2/c1(3-9-15-11-5-6-12-15)2-4-10-16-13-7-8-14-16/h1-14H2/p+2. The van der Waals surface area contributed by atoms with Crippen molar-refractivity contribution >= 4 is 0 Å². The van der Waals surface area contributed by atoms with Gasteiger partial charge >= 0.3 is 0 Å². The zero-order chi connectivity index (χ0) is 11.1. The molecule has 2 aliphatic rings. The molecule has 2 heterocycles. The highest BCUT2D eigenvalue weighted by Crippen LogP contribution is 1.98. The lowest BCUT2D eigenvalue weighted by atomic mass is 10.2. The van der Waals surface area contributed by atoms with Crippen molar-refractivity contribution in [3.63, 3.8) is 0 Å². The van der Waals surface area contributed by atoms with E-state index in [2.05, 4.69) is 0 Å². The predicted octanol–water partition coefficient (Wildman–Crippen LogP) is -0.0958. The van der Waals surface area contributed by atoms with Crippen LogP contribution in [0, 0.1) is 0 Å². The third-order valence-corrected chi connectivity index (χ3v) is 4.43. The fourth-order valence-corrected chi connectivity index (χ4v) is 3.35. The van der Waals surface area contributed by atoms with Crippen LogP contribution in [0.1, 0.15) is 51.4 Å². The molecule has 0 radical (unpaired) electrons. The van der Waals surface area contributed by atoms with Crippen molar-refractivity contribution in [2.24, 2.45) is 0 Å². The van der Waals surface area contributed by atoms with Crippen LogP contribution in [0.25, 0.3) is 0 Å². The lowest BCUT2D eigenvalue weighted by Crippen LogP contribution is -3.10. The summed E-state index contributed by atoms with van der Waals surface area (Å²) in [4.78, 5) is 3.76. The van der Waals surface area contributed by atoms with E-state index in [9.17, 15) is 0 Å². The summed E-state index contributed by atoms with van der Waals surface area (Å²) in [5, 5.41) is 0. The summed E-state index contributed by atoms with van der Waals surface area (Å²) in [6, 6.07) is 0. The van der Waals surface area contributed by atoms with Crippen molar-refractivity contribution in [3.05, 3.63) is 0 Å². The van der Waals surface area contributed by atoms with E-state index in [1.807, 2.05) is 9.80 Å². The van der Waals surface area contributed by atoms with E-state index in [1.54, 1.807) is 0 Å². The van der Waals surface area contributed by atoms with E-state index in [1.165, 1.54) is 90.6 Å². The van der Waals surface area contributed by atoms with Crippen molar-refractivity contribution in [2.75, 3.05) is 39.3 Å². The summed E-state index contributed by atoms with van der Waals surface area (Å²) in [5.74, 6) is 0. The van der Waals surface area contributed by atoms with Gasteiger partial charge in [-0.2, -0.15) is 0 Å². The Hall–Kier alpha value is -0.0800. The quantitative estimate of drug-likeness (QED) is 0.561. The first-order chi connectivity index (χ1) is 7.95. The topological polar surface area (TPSA) is 8.88 Å². The minimum Gasteiger partial charge on any atom is -0.335 e. The third kappa shape index (κ3) is 4.42. The Kier molecular flexibility index (Phi) is 5.64. The third-order valence-electron chi connectivity index (χ3n) is 4.43. The van der Waals surface area contributed by atoms with Crippen molar-refractivity contribution < 1.29 is 9.80 Å². The summed E-state index contributed by atoms with van der Waals surface area (Å²) < 4.78 is 0. The second-order valence-electron chi connectivity index (χ2n) is 5.83. The normalized spacial score (nSPS) is 23.2. The molecule has 0 amide bonds. The molecule has 0 spiro atoms. The molecule has 94 valence electrons. The largest absolute Gasteiger partial charge is 0.335 e. The number of nitrogens with one attached hydrogen (secondary N) is 2. The molecule has 0 aromatic rings. The summed E-state index contributed by atoms with van der Waals surface area (Å²) in [7, 11) is 0. The van der Waals surface area contributed by atoms with Crippen LogP contribution in [0.4, 0.5) is 0 Å². The zero-order valence-corrected chi connectivity index (χ0v) is 10.9. The highest BCUT2D eigenvalue weighted by Gasteiger charge is 2.15. The van der Waals surface area contributed by atoms with Crippen LogP contribution in [0.15, 0.2) is 0 Å². The first-order valence-corrected chi connectivity index (χ1v) is 7.62. The van der Waals surface area contributed by atoms with E-state index in [-0.39, 0.29) is 0 Å². The van der Waals surface area contributed by atoms with Gasteiger partial charge in [0.05, 0.1) is 39.3 Å². The average Bonchev–Trinajstić information content (AvgIpc) is 2.96. The van der Waals surface area contributed by atoms with Gasteiger partial charge in [0.25, 0.3) is 0 Å². The zero-order valence-electron chi connectivity index (χ0n) is 10.9. The highest BCUT2D eigenvalue weighted by molar-refractivity contribution is 4.48. The van der Waals surface area contributed by atoms with E-state index in [0.717, 1.165) is 0 Å². The minimum atomic E-state index is 1.45. The molecule has 0 atom stereocenters.